The molecule has 5 rings (SSSR count). The number of amidine groups is 1. The van der Waals surface area contributed by atoms with E-state index >= 15 is 0 Å². The van der Waals surface area contributed by atoms with E-state index in [0.29, 0.717) is 16.5 Å². The highest BCUT2D eigenvalue weighted by molar-refractivity contribution is 6.42. The average molecular weight is 521 g/mol. The summed E-state index contributed by atoms with van der Waals surface area (Å²) in [6, 6.07) is 21.3. The van der Waals surface area contributed by atoms with Crippen LogP contribution in [-0.2, 0) is 9.53 Å². The van der Waals surface area contributed by atoms with Gasteiger partial charge in [-0.1, -0.05) is 17.7 Å². The maximum absolute atomic E-state index is 13.2. The molecule has 0 saturated heterocycles. The van der Waals surface area contributed by atoms with E-state index < -0.39 is 12.1 Å². The van der Waals surface area contributed by atoms with E-state index in [2.05, 4.69) is 30.9 Å². The number of rotatable bonds is 8. The van der Waals surface area contributed by atoms with Crippen molar-refractivity contribution < 1.29 is 19.0 Å². The minimum Gasteiger partial charge on any atom is -0.460 e. The van der Waals surface area contributed by atoms with Crippen molar-refractivity contribution in [1.82, 2.24) is 0 Å². The summed E-state index contributed by atoms with van der Waals surface area (Å²) in [4.78, 5) is 17.4. The van der Waals surface area contributed by atoms with E-state index in [9.17, 15) is 4.79 Å². The summed E-state index contributed by atoms with van der Waals surface area (Å²) in [6.45, 7) is 8.25. The Morgan fingerprint density at radius 3 is 2.32 bits per heavy atom. The van der Waals surface area contributed by atoms with E-state index in [1.165, 1.54) is 0 Å². The Balaban J connectivity index is 1.64. The highest BCUT2D eigenvalue weighted by Crippen LogP contribution is 2.43. The molecule has 1 atom stereocenters. The van der Waals surface area contributed by atoms with E-state index in [-0.39, 0.29) is 19.2 Å². The fraction of sp³-hybridized carbons (Fsp3) is 0.286. The summed E-state index contributed by atoms with van der Waals surface area (Å²) in [5.74, 6) is 1.02. The van der Waals surface area contributed by atoms with Gasteiger partial charge in [-0.05, 0) is 81.4 Å². The molecule has 0 aliphatic carbocycles. The Morgan fingerprint density at radius 2 is 1.65 bits per heavy atom. The lowest BCUT2D eigenvalue weighted by Crippen LogP contribution is -2.39. The van der Waals surface area contributed by atoms with Crippen LogP contribution in [0.1, 0.15) is 32.5 Å². The van der Waals surface area contributed by atoms with Crippen molar-refractivity contribution in [3.63, 3.8) is 0 Å². The van der Waals surface area contributed by atoms with Gasteiger partial charge in [-0.2, -0.15) is 0 Å². The summed E-state index contributed by atoms with van der Waals surface area (Å²) < 4.78 is 16.6. The first-order valence-corrected chi connectivity index (χ1v) is 12.8. The van der Waals surface area contributed by atoms with Crippen LogP contribution >= 0.6 is 11.6 Å². The molecule has 0 N–H and O–H groups in total. The van der Waals surface area contributed by atoms with Gasteiger partial charge in [0.25, 0.3) is 0 Å². The zero-order chi connectivity index (χ0) is 25.9. The molecule has 0 radical (unpaired) electrons. The van der Waals surface area contributed by atoms with Gasteiger partial charge in [0, 0.05) is 35.1 Å². The number of ether oxygens (including phenoxy) is 3. The largest absolute Gasteiger partial charge is 0.460 e. The summed E-state index contributed by atoms with van der Waals surface area (Å²) in [6.07, 6.45) is -0.491. The number of hydrogen-bond acceptors (Lipinski definition) is 8. The van der Waals surface area contributed by atoms with Crippen LogP contribution in [-0.4, -0.2) is 38.3 Å². The van der Waals surface area contributed by atoms with Crippen molar-refractivity contribution in [2.75, 3.05) is 41.3 Å². The normalized spacial score (nSPS) is 16.1. The molecule has 0 amide bonds. The number of halogens is 1. The Morgan fingerprint density at radius 1 is 0.973 bits per heavy atom. The summed E-state index contributed by atoms with van der Waals surface area (Å²) in [7, 11) is 0. The molecule has 1 unspecified atom stereocenters. The molecular formula is C28H29ClN4O4. The van der Waals surface area contributed by atoms with Crippen LogP contribution in [0.2, 0.25) is 5.02 Å². The second-order valence-corrected chi connectivity index (χ2v) is 8.95. The van der Waals surface area contributed by atoms with Crippen LogP contribution in [0.4, 0.5) is 17.1 Å². The second-order valence-electron chi connectivity index (χ2n) is 8.51. The number of esters is 1. The minimum absolute atomic E-state index is 0.172. The molecule has 0 spiro atoms. The first-order chi connectivity index (χ1) is 18.0. The number of anilines is 3. The molecule has 2 heterocycles. The van der Waals surface area contributed by atoms with Gasteiger partial charge in [-0.15, -0.1) is 5.10 Å². The number of fused-ring (bicyclic) bond motifs is 1. The summed E-state index contributed by atoms with van der Waals surface area (Å²) in [5.41, 5.74) is 3.56. The van der Waals surface area contributed by atoms with Crippen molar-refractivity contribution in [3.05, 3.63) is 77.3 Å². The first-order valence-electron chi connectivity index (χ1n) is 12.4. The number of hydrogen-bond donors (Lipinski definition) is 0. The van der Waals surface area contributed by atoms with Crippen molar-refractivity contribution in [2.24, 2.45) is 5.10 Å². The fourth-order valence-electron chi connectivity index (χ4n) is 4.60. The molecule has 9 heteroatoms. The van der Waals surface area contributed by atoms with Crippen LogP contribution in [0.25, 0.3) is 0 Å². The molecule has 8 nitrogen and oxygen atoms in total. The lowest BCUT2D eigenvalue weighted by molar-refractivity contribution is -0.135. The topological polar surface area (TPSA) is 66.8 Å². The average Bonchev–Trinajstić information content (AvgIpc) is 3.55. The third-order valence-electron chi connectivity index (χ3n) is 6.41. The second kappa shape index (κ2) is 10.6. The van der Waals surface area contributed by atoms with Crippen molar-refractivity contribution in [2.45, 2.75) is 26.9 Å². The van der Waals surface area contributed by atoms with E-state index in [1.807, 2.05) is 47.4 Å². The number of hydrazone groups is 1. The molecule has 3 aromatic rings. The van der Waals surface area contributed by atoms with Crippen molar-refractivity contribution >= 4 is 40.5 Å². The van der Waals surface area contributed by atoms with Gasteiger partial charge in [0.05, 0.1) is 12.3 Å². The van der Waals surface area contributed by atoms with Gasteiger partial charge in [0.1, 0.15) is 0 Å². The molecule has 2 aliphatic heterocycles. The number of carbonyl (C=O) groups is 1. The molecule has 37 heavy (non-hydrogen) atoms. The fourth-order valence-corrected chi connectivity index (χ4v) is 4.72. The lowest BCUT2D eigenvalue weighted by Gasteiger charge is -2.32. The summed E-state index contributed by atoms with van der Waals surface area (Å²) >= 11 is 6.17. The molecule has 0 aromatic heterocycles. The SMILES string of the molecule is CCOC(=O)C1=NN(c2ccc(Cl)cc2)C(c2ccc3c(c2)OCO3)N1c1ccc(N(CC)CC)cc1. The van der Waals surface area contributed by atoms with Gasteiger partial charge in [0.15, 0.2) is 17.7 Å². The van der Waals surface area contributed by atoms with Crippen LogP contribution in [0.15, 0.2) is 71.8 Å². The maximum Gasteiger partial charge on any atom is 0.376 e. The van der Waals surface area contributed by atoms with Gasteiger partial charge >= 0.3 is 5.97 Å². The number of benzene rings is 3. The van der Waals surface area contributed by atoms with Gasteiger partial charge in [-0.25, -0.2) is 9.80 Å². The standard InChI is InChI=1S/C28H29ClN4O4/c1-4-31(5-2)21-12-14-22(15-13-21)32-26(28(34)35-6-3)30-33(23-10-8-20(29)9-11-23)27(32)19-7-16-24-25(17-19)37-18-36-24/h7-17,27H,4-6,18H2,1-3H3. The molecule has 0 fully saturated rings. The van der Waals surface area contributed by atoms with Crippen LogP contribution < -0.4 is 24.3 Å². The molecule has 3 aromatic carbocycles. The Kier molecular flexibility index (Phi) is 7.10. The number of nitrogens with zero attached hydrogens (tertiary/aromatic N) is 4. The minimum atomic E-state index is -0.502. The number of carbonyl (C=O) groups excluding carboxylic acids is 1. The zero-order valence-corrected chi connectivity index (χ0v) is 21.8. The lowest BCUT2D eigenvalue weighted by atomic mass is 10.1. The Bertz CT molecular complexity index is 1290. The van der Waals surface area contributed by atoms with E-state index in [0.717, 1.165) is 35.7 Å². The van der Waals surface area contributed by atoms with Gasteiger partial charge in [-0.3, -0.25) is 4.90 Å². The third kappa shape index (κ3) is 4.76. The highest BCUT2D eigenvalue weighted by atomic mass is 35.5. The molecular weight excluding hydrogens is 492 g/mol. The Labute approximate surface area is 221 Å². The van der Waals surface area contributed by atoms with Crippen molar-refractivity contribution in [3.8, 4) is 11.5 Å². The quantitative estimate of drug-likeness (QED) is 0.347. The summed E-state index contributed by atoms with van der Waals surface area (Å²) in [5, 5.41) is 7.20. The van der Waals surface area contributed by atoms with E-state index in [4.69, 9.17) is 30.9 Å². The van der Waals surface area contributed by atoms with E-state index in [1.54, 1.807) is 24.1 Å². The molecule has 192 valence electrons. The van der Waals surface area contributed by atoms with Crippen LogP contribution in [0.3, 0.4) is 0 Å². The Hall–Kier alpha value is -3.91. The highest BCUT2D eigenvalue weighted by Gasteiger charge is 2.41. The van der Waals surface area contributed by atoms with Gasteiger partial charge < -0.3 is 19.1 Å². The maximum atomic E-state index is 13.2. The predicted octanol–water partition coefficient (Wildman–Crippen LogP) is 5.82. The molecule has 0 saturated carbocycles. The molecule has 2 aliphatic rings. The van der Waals surface area contributed by atoms with Crippen LogP contribution in [0.5, 0.6) is 11.5 Å². The predicted molar refractivity (Wildman–Crippen MR) is 146 cm³/mol. The van der Waals surface area contributed by atoms with Crippen LogP contribution in [0, 0.1) is 0 Å². The first kappa shape index (κ1) is 24.8. The third-order valence-corrected chi connectivity index (χ3v) is 6.66. The monoisotopic (exact) mass is 520 g/mol. The smallest absolute Gasteiger partial charge is 0.376 e. The van der Waals surface area contributed by atoms with Gasteiger partial charge in [0.2, 0.25) is 12.6 Å². The zero-order valence-electron chi connectivity index (χ0n) is 21.1. The molecule has 0 bridgehead atoms. The van der Waals surface area contributed by atoms with Crippen molar-refractivity contribution in [1.29, 1.82) is 0 Å².